The zero-order valence-corrected chi connectivity index (χ0v) is 13.0. The molecule has 1 N–H and O–H groups in total. The molecular formula is C15H26N2O4. The smallest absolute Gasteiger partial charge is 0.228 e. The number of methoxy groups -OCH3 is 1. The number of nitrogens with zero attached hydrogens (tertiary/aromatic N) is 1. The molecule has 21 heavy (non-hydrogen) atoms. The summed E-state index contributed by atoms with van der Waals surface area (Å²) in [6.45, 7) is 4.80. The lowest BCUT2D eigenvalue weighted by Gasteiger charge is -2.38. The molecular weight excluding hydrogens is 272 g/mol. The van der Waals surface area contributed by atoms with Gasteiger partial charge in [-0.05, 0) is 26.2 Å². The molecule has 0 saturated carbocycles. The van der Waals surface area contributed by atoms with Crippen LogP contribution >= 0.6 is 0 Å². The van der Waals surface area contributed by atoms with Crippen molar-refractivity contribution in [1.29, 1.82) is 0 Å². The van der Waals surface area contributed by atoms with Gasteiger partial charge in [-0.2, -0.15) is 0 Å². The maximum atomic E-state index is 12.5. The normalized spacial score (nSPS) is 29.4. The van der Waals surface area contributed by atoms with Gasteiger partial charge in [0.1, 0.15) is 0 Å². The molecule has 0 radical (unpaired) electrons. The number of hydrogen-bond acceptors (Lipinski definition) is 4. The molecule has 0 aliphatic carbocycles. The Morgan fingerprint density at radius 2 is 2.10 bits per heavy atom. The molecule has 0 aromatic carbocycles. The van der Waals surface area contributed by atoms with Crippen molar-refractivity contribution in [2.24, 2.45) is 11.8 Å². The second-order valence-electron chi connectivity index (χ2n) is 5.96. The number of rotatable bonds is 5. The fourth-order valence-electron chi connectivity index (χ4n) is 3.01. The second kappa shape index (κ2) is 7.75. The summed E-state index contributed by atoms with van der Waals surface area (Å²) in [7, 11) is 1.61. The molecule has 2 saturated heterocycles. The highest BCUT2D eigenvalue weighted by Gasteiger charge is 2.36. The Bertz CT molecular complexity index is 369. The summed E-state index contributed by atoms with van der Waals surface area (Å²) in [6, 6.07) is 0.209. The van der Waals surface area contributed by atoms with Gasteiger partial charge >= 0.3 is 0 Å². The van der Waals surface area contributed by atoms with Crippen molar-refractivity contribution < 1.29 is 19.1 Å². The fourth-order valence-corrected chi connectivity index (χ4v) is 3.01. The third kappa shape index (κ3) is 4.17. The van der Waals surface area contributed by atoms with Crippen molar-refractivity contribution in [1.82, 2.24) is 10.2 Å². The van der Waals surface area contributed by atoms with Crippen LogP contribution in [-0.4, -0.2) is 62.8 Å². The minimum absolute atomic E-state index is 0.0252. The van der Waals surface area contributed by atoms with Crippen molar-refractivity contribution in [3.8, 4) is 0 Å². The van der Waals surface area contributed by atoms with Gasteiger partial charge in [0.15, 0.2) is 0 Å². The number of piperidine rings is 1. The molecule has 0 spiro atoms. The van der Waals surface area contributed by atoms with Crippen molar-refractivity contribution in [2.45, 2.75) is 32.2 Å². The average molecular weight is 298 g/mol. The summed E-state index contributed by atoms with van der Waals surface area (Å²) in [5.74, 6) is 0.0425. The van der Waals surface area contributed by atoms with E-state index in [2.05, 4.69) is 12.2 Å². The van der Waals surface area contributed by atoms with Crippen LogP contribution in [-0.2, 0) is 19.1 Å². The zero-order chi connectivity index (χ0) is 15.2. The van der Waals surface area contributed by atoms with E-state index in [-0.39, 0.29) is 29.7 Å². The van der Waals surface area contributed by atoms with Crippen LogP contribution in [0.4, 0.5) is 0 Å². The molecule has 2 aliphatic rings. The Labute approximate surface area is 126 Å². The molecule has 120 valence electrons. The summed E-state index contributed by atoms with van der Waals surface area (Å²) >= 11 is 0. The van der Waals surface area contributed by atoms with Gasteiger partial charge in [-0.25, -0.2) is 0 Å². The quantitative estimate of drug-likeness (QED) is 0.747. The van der Waals surface area contributed by atoms with Crippen molar-refractivity contribution in [3.63, 3.8) is 0 Å². The van der Waals surface area contributed by atoms with Gasteiger partial charge in [0.25, 0.3) is 0 Å². The van der Waals surface area contributed by atoms with E-state index in [4.69, 9.17) is 9.47 Å². The van der Waals surface area contributed by atoms with Gasteiger partial charge in [0, 0.05) is 32.8 Å². The van der Waals surface area contributed by atoms with Gasteiger partial charge < -0.3 is 19.7 Å². The van der Waals surface area contributed by atoms with E-state index in [0.717, 1.165) is 19.3 Å². The lowest BCUT2D eigenvalue weighted by atomic mass is 9.91. The Kier molecular flexibility index (Phi) is 5.99. The number of ether oxygens (including phenoxy) is 2. The van der Waals surface area contributed by atoms with Gasteiger partial charge in [-0.1, -0.05) is 0 Å². The molecule has 2 rings (SSSR count). The summed E-state index contributed by atoms with van der Waals surface area (Å²) in [5, 5.41) is 2.87. The average Bonchev–Trinajstić information content (AvgIpc) is 3.01. The van der Waals surface area contributed by atoms with Crippen molar-refractivity contribution in [3.05, 3.63) is 0 Å². The molecule has 3 unspecified atom stereocenters. The number of hydrogen-bond donors (Lipinski definition) is 1. The molecule has 6 heteroatoms. The van der Waals surface area contributed by atoms with Crippen LogP contribution < -0.4 is 5.32 Å². The van der Waals surface area contributed by atoms with Crippen LogP contribution in [0.3, 0.4) is 0 Å². The van der Waals surface area contributed by atoms with E-state index in [1.807, 2.05) is 4.90 Å². The minimum atomic E-state index is -0.107. The number of likely N-dealkylation sites (tertiary alicyclic amines) is 1. The predicted octanol–water partition coefficient (Wildman–Crippen LogP) is 0.413. The number of nitrogens with one attached hydrogen (secondary N) is 1. The number of carbonyl (C=O) groups is 2. The van der Waals surface area contributed by atoms with Crippen LogP contribution in [0.5, 0.6) is 0 Å². The van der Waals surface area contributed by atoms with Crippen LogP contribution in [0.25, 0.3) is 0 Å². The molecule has 6 nitrogen and oxygen atoms in total. The predicted molar refractivity (Wildman–Crippen MR) is 77.7 cm³/mol. The van der Waals surface area contributed by atoms with Gasteiger partial charge in [0.05, 0.1) is 25.0 Å². The minimum Gasteiger partial charge on any atom is -0.383 e. The molecule has 2 heterocycles. The fraction of sp³-hybridized carbons (Fsp3) is 0.867. The number of amides is 2. The summed E-state index contributed by atoms with van der Waals surface area (Å²) in [5.41, 5.74) is 0. The maximum Gasteiger partial charge on any atom is 0.228 e. The molecule has 2 aliphatic heterocycles. The van der Waals surface area contributed by atoms with E-state index in [1.54, 1.807) is 7.11 Å². The first-order valence-corrected chi connectivity index (χ1v) is 7.78. The molecule has 3 atom stereocenters. The van der Waals surface area contributed by atoms with E-state index in [0.29, 0.717) is 32.9 Å². The van der Waals surface area contributed by atoms with E-state index in [1.165, 1.54) is 0 Å². The van der Waals surface area contributed by atoms with E-state index < -0.39 is 0 Å². The standard InChI is InChI=1S/C15H26N2O4/c1-11-3-4-12(14(18)16-6-8-20-2)9-17(11)15(19)13-5-7-21-10-13/h11-13H,3-10H2,1-2H3,(H,16,18). The highest BCUT2D eigenvalue weighted by Crippen LogP contribution is 2.26. The van der Waals surface area contributed by atoms with Gasteiger partial charge in [0.2, 0.25) is 11.8 Å². The van der Waals surface area contributed by atoms with Gasteiger partial charge in [-0.15, -0.1) is 0 Å². The Morgan fingerprint density at radius 1 is 1.29 bits per heavy atom. The molecule has 0 bridgehead atoms. The van der Waals surface area contributed by atoms with Crippen molar-refractivity contribution >= 4 is 11.8 Å². The molecule has 0 aromatic heterocycles. The summed E-state index contributed by atoms with van der Waals surface area (Å²) in [4.78, 5) is 26.6. The van der Waals surface area contributed by atoms with Crippen LogP contribution in [0.2, 0.25) is 0 Å². The first-order chi connectivity index (χ1) is 10.1. The molecule has 2 fully saturated rings. The summed E-state index contributed by atoms with van der Waals surface area (Å²) in [6.07, 6.45) is 2.51. The summed E-state index contributed by atoms with van der Waals surface area (Å²) < 4.78 is 10.2. The number of carbonyl (C=O) groups excluding carboxylic acids is 2. The van der Waals surface area contributed by atoms with Crippen LogP contribution in [0.15, 0.2) is 0 Å². The topological polar surface area (TPSA) is 67.9 Å². The Morgan fingerprint density at radius 3 is 2.76 bits per heavy atom. The lowest BCUT2D eigenvalue weighted by molar-refractivity contribution is -0.142. The first-order valence-electron chi connectivity index (χ1n) is 7.78. The van der Waals surface area contributed by atoms with Crippen molar-refractivity contribution in [2.75, 3.05) is 40.0 Å². The zero-order valence-electron chi connectivity index (χ0n) is 13.0. The van der Waals surface area contributed by atoms with E-state index in [9.17, 15) is 9.59 Å². The monoisotopic (exact) mass is 298 g/mol. The third-order valence-corrected chi connectivity index (χ3v) is 4.42. The second-order valence-corrected chi connectivity index (χ2v) is 5.96. The highest BCUT2D eigenvalue weighted by molar-refractivity contribution is 5.82. The van der Waals surface area contributed by atoms with E-state index >= 15 is 0 Å². The maximum absolute atomic E-state index is 12.5. The lowest BCUT2D eigenvalue weighted by Crippen LogP contribution is -2.51. The SMILES string of the molecule is COCCNC(=O)C1CCC(C)N(C(=O)C2CCOC2)C1. The molecule has 0 aromatic rings. The van der Waals surface area contributed by atoms with Gasteiger partial charge in [-0.3, -0.25) is 9.59 Å². The Hall–Kier alpha value is -1.14. The molecule has 2 amide bonds. The van der Waals surface area contributed by atoms with Crippen LogP contribution in [0, 0.1) is 11.8 Å². The Balaban J connectivity index is 1.89. The first kappa shape index (κ1) is 16.2. The largest absolute Gasteiger partial charge is 0.383 e. The third-order valence-electron chi connectivity index (χ3n) is 4.42. The van der Waals surface area contributed by atoms with Crippen LogP contribution in [0.1, 0.15) is 26.2 Å². The highest BCUT2D eigenvalue weighted by atomic mass is 16.5.